The van der Waals surface area contributed by atoms with Crippen molar-refractivity contribution in [3.63, 3.8) is 0 Å². The molecule has 1 aliphatic rings. The maximum absolute atomic E-state index is 4.06. The molecule has 0 saturated carbocycles. The molecule has 1 nitrogen and oxygen atoms in total. The van der Waals surface area contributed by atoms with Crippen LogP contribution in [0.1, 0.15) is 6.42 Å². The maximum atomic E-state index is 4.06. The summed E-state index contributed by atoms with van der Waals surface area (Å²) < 4.78 is 0. The zero-order chi connectivity index (χ0) is 4.24. The van der Waals surface area contributed by atoms with Gasteiger partial charge in [-0.05, 0) is 12.5 Å². The molecule has 0 fully saturated rings. The second-order valence-electron chi connectivity index (χ2n) is 1.29. The van der Waals surface area contributed by atoms with E-state index in [-0.39, 0.29) is 0 Å². The summed E-state index contributed by atoms with van der Waals surface area (Å²) in [4.78, 5) is 0. The van der Waals surface area contributed by atoms with Crippen molar-refractivity contribution in [2.75, 3.05) is 13.1 Å². The highest BCUT2D eigenvalue weighted by molar-refractivity contribution is 4.81. The van der Waals surface area contributed by atoms with Crippen molar-refractivity contribution in [3.8, 4) is 0 Å². The van der Waals surface area contributed by atoms with Crippen molar-refractivity contribution in [3.05, 3.63) is 12.2 Å². The first kappa shape index (κ1) is 3.88. The summed E-state index contributed by atoms with van der Waals surface area (Å²) in [7, 11) is 0. The fourth-order valence-electron chi connectivity index (χ4n) is 0.466. The average Bonchev–Trinajstić information content (AvgIpc) is 1.72. The van der Waals surface area contributed by atoms with Gasteiger partial charge >= 0.3 is 0 Å². The molecule has 0 aliphatic carbocycles. The van der Waals surface area contributed by atoms with Crippen LogP contribution in [0.2, 0.25) is 0 Å². The van der Waals surface area contributed by atoms with Crippen LogP contribution in [0.3, 0.4) is 0 Å². The molecule has 0 spiro atoms. The van der Waals surface area contributed by atoms with Crippen LogP contribution < -0.4 is 5.32 Å². The number of hydrogen-bond donors (Lipinski definition) is 0. The van der Waals surface area contributed by atoms with Gasteiger partial charge in [0.15, 0.2) is 0 Å². The highest BCUT2D eigenvalue weighted by Gasteiger charge is 1.87. The van der Waals surface area contributed by atoms with Crippen LogP contribution in [0, 0.1) is 6.08 Å². The molecule has 0 aromatic carbocycles. The van der Waals surface area contributed by atoms with Gasteiger partial charge in [0.2, 0.25) is 0 Å². The first-order valence-corrected chi connectivity index (χ1v) is 2.18. The summed E-state index contributed by atoms with van der Waals surface area (Å²) in [5.74, 6) is 0. The molecule has 0 aromatic rings. The fraction of sp³-hybridized carbons (Fsp3) is 0.600. The molecule has 0 amide bonds. The molecule has 0 unspecified atom stereocenters. The van der Waals surface area contributed by atoms with E-state index >= 15 is 0 Å². The van der Waals surface area contributed by atoms with Gasteiger partial charge in [0.1, 0.15) is 0 Å². The predicted octanol–water partition coefficient (Wildman–Crippen LogP) is 0.354. The Morgan fingerprint density at radius 3 is 2.83 bits per heavy atom. The van der Waals surface area contributed by atoms with Crippen LogP contribution in [0.15, 0.2) is 6.08 Å². The number of nitrogens with zero attached hydrogens (tertiary/aromatic N) is 1. The van der Waals surface area contributed by atoms with Gasteiger partial charge in [-0.3, -0.25) is 0 Å². The summed E-state index contributed by atoms with van der Waals surface area (Å²) >= 11 is 0. The second-order valence-corrected chi connectivity index (χ2v) is 1.29. The molecule has 6 heavy (non-hydrogen) atoms. The Morgan fingerprint density at radius 2 is 2.67 bits per heavy atom. The van der Waals surface area contributed by atoms with Crippen molar-refractivity contribution in [1.29, 1.82) is 0 Å². The molecule has 0 atom stereocenters. The SMILES string of the molecule is [C]1=CC[N]CC1. The van der Waals surface area contributed by atoms with Crippen LogP contribution in [-0.4, -0.2) is 13.1 Å². The fourth-order valence-corrected chi connectivity index (χ4v) is 0.466. The molecule has 1 heterocycles. The molecule has 1 heteroatoms. The van der Waals surface area contributed by atoms with Gasteiger partial charge in [-0.25, -0.2) is 5.32 Å². The highest BCUT2D eigenvalue weighted by atomic mass is 14.8. The van der Waals surface area contributed by atoms with Crippen LogP contribution in [0.25, 0.3) is 0 Å². The molecule has 0 bridgehead atoms. The van der Waals surface area contributed by atoms with Gasteiger partial charge in [0, 0.05) is 13.1 Å². The van der Waals surface area contributed by atoms with E-state index in [1.807, 2.05) is 6.08 Å². The van der Waals surface area contributed by atoms with Crippen LogP contribution >= 0.6 is 0 Å². The lowest BCUT2D eigenvalue weighted by Gasteiger charge is -1.98. The van der Waals surface area contributed by atoms with Crippen LogP contribution in [0.4, 0.5) is 0 Å². The molecule has 1 rings (SSSR count). The smallest absolute Gasteiger partial charge is 0.0320 e. The van der Waals surface area contributed by atoms with Crippen LogP contribution in [0.5, 0.6) is 0 Å². The summed E-state index contributed by atoms with van der Waals surface area (Å²) in [5, 5.41) is 4.06. The van der Waals surface area contributed by atoms with Crippen molar-refractivity contribution < 1.29 is 0 Å². The molecule has 32 valence electrons. The summed E-state index contributed by atoms with van der Waals surface area (Å²) in [6.45, 7) is 1.87. The van der Waals surface area contributed by atoms with E-state index in [9.17, 15) is 0 Å². The van der Waals surface area contributed by atoms with E-state index < -0.39 is 0 Å². The van der Waals surface area contributed by atoms with Gasteiger partial charge in [0.05, 0.1) is 0 Å². The molecule has 2 radical (unpaired) electrons. The normalized spacial score (nSPS) is 21.3. The largest absolute Gasteiger partial charge is 0.237 e. The van der Waals surface area contributed by atoms with E-state index in [2.05, 4.69) is 11.4 Å². The molecule has 0 N–H and O–H groups in total. The monoisotopic (exact) mass is 81.1 g/mol. The minimum Gasteiger partial charge on any atom is -0.237 e. The zero-order valence-electron chi connectivity index (χ0n) is 3.65. The van der Waals surface area contributed by atoms with E-state index in [1.165, 1.54) is 0 Å². The van der Waals surface area contributed by atoms with E-state index in [0.29, 0.717) is 0 Å². The molecular formula is C5H7N. The van der Waals surface area contributed by atoms with Crippen LogP contribution in [-0.2, 0) is 0 Å². The quantitative estimate of drug-likeness (QED) is 0.399. The minimum absolute atomic E-state index is 0.889. The zero-order valence-corrected chi connectivity index (χ0v) is 3.65. The third-order valence-corrected chi connectivity index (χ3v) is 0.779. The van der Waals surface area contributed by atoms with Crippen molar-refractivity contribution >= 4 is 0 Å². The van der Waals surface area contributed by atoms with Gasteiger partial charge in [0.25, 0.3) is 0 Å². The van der Waals surface area contributed by atoms with E-state index in [0.717, 1.165) is 19.5 Å². The Bertz CT molecular complexity index is 49.0. The predicted molar refractivity (Wildman–Crippen MR) is 24.3 cm³/mol. The Hall–Kier alpha value is -0.300. The molecule has 0 saturated heterocycles. The average molecular weight is 81.1 g/mol. The van der Waals surface area contributed by atoms with Crippen molar-refractivity contribution in [2.45, 2.75) is 6.42 Å². The maximum Gasteiger partial charge on any atom is 0.0320 e. The minimum atomic E-state index is 0.889. The number of hydrogen-bond acceptors (Lipinski definition) is 0. The molecule has 1 aliphatic heterocycles. The van der Waals surface area contributed by atoms with Gasteiger partial charge in [-0.2, -0.15) is 0 Å². The summed E-state index contributed by atoms with van der Waals surface area (Å²) in [6.07, 6.45) is 6.07. The Labute approximate surface area is 38.1 Å². The topological polar surface area (TPSA) is 14.1 Å². The Morgan fingerprint density at radius 1 is 1.67 bits per heavy atom. The van der Waals surface area contributed by atoms with E-state index in [1.54, 1.807) is 0 Å². The van der Waals surface area contributed by atoms with E-state index in [4.69, 9.17) is 0 Å². The lowest BCUT2D eigenvalue weighted by Crippen LogP contribution is -2.09. The third-order valence-electron chi connectivity index (χ3n) is 0.779. The summed E-state index contributed by atoms with van der Waals surface area (Å²) in [5.41, 5.74) is 0. The van der Waals surface area contributed by atoms with Gasteiger partial charge < -0.3 is 0 Å². The van der Waals surface area contributed by atoms with Gasteiger partial charge in [-0.1, -0.05) is 6.08 Å². The highest BCUT2D eigenvalue weighted by Crippen LogP contribution is 1.84. The number of rotatable bonds is 0. The molecule has 0 aromatic heterocycles. The Kier molecular flexibility index (Phi) is 1.28. The lowest BCUT2D eigenvalue weighted by atomic mass is 10.3. The summed E-state index contributed by atoms with van der Waals surface area (Å²) in [6, 6.07) is 0. The Balaban J connectivity index is 2.26. The van der Waals surface area contributed by atoms with Crippen molar-refractivity contribution in [2.24, 2.45) is 0 Å². The van der Waals surface area contributed by atoms with Crippen molar-refractivity contribution in [1.82, 2.24) is 5.32 Å². The second kappa shape index (κ2) is 1.98. The lowest BCUT2D eigenvalue weighted by molar-refractivity contribution is 0.703. The first-order chi connectivity index (χ1) is 3.00. The standard InChI is InChI=1S/C5H7N/c1-2-4-6-5-3-1/h2H,3-5H2. The van der Waals surface area contributed by atoms with Gasteiger partial charge in [-0.15, -0.1) is 0 Å². The first-order valence-electron chi connectivity index (χ1n) is 2.18. The molecular weight excluding hydrogens is 74.1 g/mol. The third kappa shape index (κ3) is 0.830.